The zero-order valence-electron chi connectivity index (χ0n) is 11.4. The van der Waals surface area contributed by atoms with E-state index in [0.29, 0.717) is 23.7 Å². The van der Waals surface area contributed by atoms with E-state index in [-0.39, 0.29) is 5.91 Å². The van der Waals surface area contributed by atoms with Crippen LogP contribution in [0.2, 0.25) is 0 Å². The first-order chi connectivity index (χ1) is 9.70. The second kappa shape index (κ2) is 4.53. The number of rotatable bonds is 2. The number of nitrogens with zero attached hydrogens (tertiary/aromatic N) is 2. The van der Waals surface area contributed by atoms with Crippen LogP contribution >= 0.6 is 11.3 Å². The average molecular weight is 287 g/mol. The Labute approximate surface area is 121 Å². The molecule has 1 N–H and O–H groups in total. The number of piperidine rings is 1. The van der Waals surface area contributed by atoms with Crippen molar-refractivity contribution in [3.05, 3.63) is 29.4 Å². The van der Waals surface area contributed by atoms with Gasteiger partial charge in [0.2, 0.25) is 0 Å². The van der Waals surface area contributed by atoms with Gasteiger partial charge in [-0.25, -0.2) is 0 Å². The maximum atomic E-state index is 12.3. The Morgan fingerprint density at radius 2 is 2.40 bits per heavy atom. The molecule has 2 aliphatic heterocycles. The Kier molecular flexibility index (Phi) is 2.79. The Hall–Kier alpha value is -1.46. The molecule has 5 heteroatoms. The predicted molar refractivity (Wildman–Crippen MR) is 80.0 cm³/mol. The third kappa shape index (κ3) is 1.93. The van der Waals surface area contributed by atoms with Gasteiger partial charge in [0.15, 0.2) is 0 Å². The lowest BCUT2D eigenvalue weighted by Gasteiger charge is -2.27. The van der Waals surface area contributed by atoms with Crippen LogP contribution in [0.15, 0.2) is 23.7 Å². The molecule has 2 bridgehead atoms. The monoisotopic (exact) mass is 287 g/mol. The van der Waals surface area contributed by atoms with Gasteiger partial charge in [-0.05, 0) is 36.8 Å². The van der Waals surface area contributed by atoms with Gasteiger partial charge in [0.1, 0.15) is 5.69 Å². The highest BCUT2D eigenvalue weighted by atomic mass is 32.1. The highest BCUT2D eigenvalue weighted by Gasteiger charge is 2.42. The fourth-order valence-electron chi connectivity index (χ4n) is 3.48. The van der Waals surface area contributed by atoms with Crippen molar-refractivity contribution in [2.45, 2.75) is 25.4 Å². The van der Waals surface area contributed by atoms with Crippen LogP contribution < -0.4 is 5.32 Å². The molecule has 2 aromatic heterocycles. The number of thiophene rings is 1. The number of fused-ring (bicyclic) bond motifs is 3. The lowest BCUT2D eigenvalue weighted by atomic mass is 9.96. The third-order valence-electron chi connectivity index (χ3n) is 4.62. The lowest BCUT2D eigenvalue weighted by Crippen LogP contribution is -2.45. The summed E-state index contributed by atoms with van der Waals surface area (Å²) in [6.45, 7) is 4.38. The van der Waals surface area contributed by atoms with Gasteiger partial charge in [-0.3, -0.25) is 14.7 Å². The second-order valence-corrected chi connectivity index (χ2v) is 6.85. The van der Waals surface area contributed by atoms with E-state index < -0.39 is 0 Å². The van der Waals surface area contributed by atoms with Crippen LogP contribution in [0.5, 0.6) is 0 Å². The minimum atomic E-state index is -0.0355. The van der Waals surface area contributed by atoms with Crippen LogP contribution in [-0.2, 0) is 0 Å². The Bertz CT molecular complexity index is 666. The molecule has 2 aliphatic rings. The highest BCUT2D eigenvalue weighted by molar-refractivity contribution is 7.17. The van der Waals surface area contributed by atoms with Crippen molar-refractivity contribution in [3.8, 4) is 0 Å². The van der Waals surface area contributed by atoms with Crippen molar-refractivity contribution in [2.75, 3.05) is 13.1 Å². The fraction of sp³-hybridized carbons (Fsp3) is 0.467. The molecule has 2 aromatic rings. The summed E-state index contributed by atoms with van der Waals surface area (Å²) in [5, 5.41) is 6.30. The highest BCUT2D eigenvalue weighted by Crippen LogP contribution is 2.33. The molecule has 20 heavy (non-hydrogen) atoms. The van der Waals surface area contributed by atoms with E-state index in [0.717, 1.165) is 23.2 Å². The first-order valence-electron chi connectivity index (χ1n) is 7.09. The van der Waals surface area contributed by atoms with E-state index in [1.165, 1.54) is 6.42 Å². The van der Waals surface area contributed by atoms with Gasteiger partial charge in [0, 0.05) is 41.5 Å². The smallest absolute Gasteiger partial charge is 0.270 e. The van der Waals surface area contributed by atoms with E-state index in [1.807, 2.05) is 17.5 Å². The molecular weight excluding hydrogens is 270 g/mol. The van der Waals surface area contributed by atoms with Crippen LogP contribution in [0, 0.1) is 5.92 Å². The maximum absolute atomic E-state index is 12.3. The summed E-state index contributed by atoms with van der Waals surface area (Å²) in [7, 11) is 0. The molecule has 4 nitrogen and oxygen atoms in total. The molecule has 0 radical (unpaired) electrons. The summed E-state index contributed by atoms with van der Waals surface area (Å²) in [5.41, 5.74) is 0.533. The molecule has 104 valence electrons. The van der Waals surface area contributed by atoms with Gasteiger partial charge in [-0.1, -0.05) is 0 Å². The number of nitrogens with one attached hydrogen (secondary N) is 1. The van der Waals surface area contributed by atoms with Crippen molar-refractivity contribution >= 4 is 27.3 Å². The molecule has 4 rings (SSSR count). The molecule has 4 unspecified atom stereocenters. The van der Waals surface area contributed by atoms with Crippen molar-refractivity contribution in [2.24, 2.45) is 5.92 Å². The van der Waals surface area contributed by atoms with Crippen molar-refractivity contribution in [1.29, 1.82) is 0 Å². The predicted octanol–water partition coefficient (Wildman–Crippen LogP) is 2.12. The maximum Gasteiger partial charge on any atom is 0.270 e. The van der Waals surface area contributed by atoms with Crippen LogP contribution in [0.3, 0.4) is 0 Å². The Morgan fingerprint density at radius 1 is 1.50 bits per heavy atom. The number of hydrogen-bond acceptors (Lipinski definition) is 4. The quantitative estimate of drug-likeness (QED) is 0.920. The first kappa shape index (κ1) is 12.3. The van der Waals surface area contributed by atoms with Gasteiger partial charge in [-0.15, -0.1) is 11.3 Å². The molecule has 0 saturated carbocycles. The molecule has 0 aliphatic carbocycles. The SMILES string of the molecule is CC1CC2CN1CC2NC(=O)c1cc2sccc2cn1. The molecule has 1 amide bonds. The number of aromatic nitrogens is 1. The fourth-order valence-corrected chi connectivity index (χ4v) is 4.27. The molecule has 2 saturated heterocycles. The van der Waals surface area contributed by atoms with Crippen molar-refractivity contribution < 1.29 is 4.79 Å². The largest absolute Gasteiger partial charge is 0.346 e. The molecular formula is C15H17N3OS. The molecule has 4 heterocycles. The Balaban J connectivity index is 1.50. The summed E-state index contributed by atoms with van der Waals surface area (Å²) in [6.07, 6.45) is 2.98. The van der Waals surface area contributed by atoms with Gasteiger partial charge in [0.05, 0.1) is 0 Å². The van der Waals surface area contributed by atoms with Crippen LogP contribution in [0.1, 0.15) is 23.8 Å². The standard InChI is InChI=1S/C15H17N3OS/c1-9-4-11-7-18(9)8-13(11)17-15(19)12-5-14-10(6-16-12)2-3-20-14/h2-3,5-6,9,11,13H,4,7-8H2,1H3,(H,17,19). The first-order valence-corrected chi connectivity index (χ1v) is 7.97. The van der Waals surface area contributed by atoms with Crippen LogP contribution in [0.4, 0.5) is 0 Å². The minimum absolute atomic E-state index is 0.0355. The van der Waals surface area contributed by atoms with Gasteiger partial charge in [-0.2, -0.15) is 0 Å². The minimum Gasteiger partial charge on any atom is -0.346 e. The van der Waals surface area contributed by atoms with E-state index in [2.05, 4.69) is 22.1 Å². The normalized spacial score (nSPS) is 31.9. The lowest BCUT2D eigenvalue weighted by molar-refractivity contribution is 0.0914. The van der Waals surface area contributed by atoms with E-state index >= 15 is 0 Å². The zero-order chi connectivity index (χ0) is 13.7. The second-order valence-electron chi connectivity index (χ2n) is 5.91. The molecule has 0 aromatic carbocycles. The summed E-state index contributed by atoms with van der Waals surface area (Å²) in [4.78, 5) is 19.1. The number of pyridine rings is 1. The number of carbonyl (C=O) groups excluding carboxylic acids is 1. The third-order valence-corrected chi connectivity index (χ3v) is 5.50. The molecule has 2 fully saturated rings. The number of amides is 1. The summed E-state index contributed by atoms with van der Waals surface area (Å²) in [5.74, 6) is 0.575. The van der Waals surface area contributed by atoms with E-state index in [4.69, 9.17) is 0 Å². The van der Waals surface area contributed by atoms with Crippen molar-refractivity contribution in [1.82, 2.24) is 15.2 Å². The van der Waals surface area contributed by atoms with E-state index in [1.54, 1.807) is 17.5 Å². The van der Waals surface area contributed by atoms with Gasteiger partial charge in [0.25, 0.3) is 5.91 Å². The summed E-state index contributed by atoms with van der Waals surface area (Å²) in [6, 6.07) is 4.89. The van der Waals surface area contributed by atoms with Crippen LogP contribution in [0.25, 0.3) is 10.1 Å². The van der Waals surface area contributed by atoms with E-state index in [9.17, 15) is 4.79 Å². The van der Waals surface area contributed by atoms with Gasteiger partial charge >= 0.3 is 0 Å². The summed E-state index contributed by atoms with van der Waals surface area (Å²) >= 11 is 1.65. The zero-order valence-corrected chi connectivity index (χ0v) is 12.2. The number of hydrogen-bond donors (Lipinski definition) is 1. The summed E-state index contributed by atoms with van der Waals surface area (Å²) < 4.78 is 1.12. The van der Waals surface area contributed by atoms with Crippen LogP contribution in [-0.4, -0.2) is 41.0 Å². The average Bonchev–Trinajstić information content (AvgIpc) is 3.12. The molecule has 4 atom stereocenters. The van der Waals surface area contributed by atoms with Gasteiger partial charge < -0.3 is 5.32 Å². The topological polar surface area (TPSA) is 45.2 Å². The Morgan fingerprint density at radius 3 is 3.15 bits per heavy atom. The number of carbonyl (C=O) groups is 1. The van der Waals surface area contributed by atoms with Crippen molar-refractivity contribution in [3.63, 3.8) is 0 Å². The molecule has 0 spiro atoms.